The van der Waals surface area contributed by atoms with Crippen molar-refractivity contribution in [3.63, 3.8) is 0 Å². The summed E-state index contributed by atoms with van der Waals surface area (Å²) in [7, 11) is 0. The van der Waals surface area contributed by atoms with E-state index in [1.54, 1.807) is 29.2 Å². The van der Waals surface area contributed by atoms with Gasteiger partial charge in [0.2, 0.25) is 5.91 Å². The fraction of sp³-hybridized carbons (Fsp3) is 0.300. The molecule has 1 saturated heterocycles. The molecular formula is C20H20Cl2N2O3S. The maximum Gasteiger partial charge on any atom is 0.411 e. The van der Waals surface area contributed by atoms with Gasteiger partial charge >= 0.3 is 6.09 Å². The predicted octanol–water partition coefficient (Wildman–Crippen LogP) is 5.59. The van der Waals surface area contributed by atoms with Gasteiger partial charge in [-0.3, -0.25) is 10.1 Å². The van der Waals surface area contributed by atoms with Gasteiger partial charge in [0.05, 0.1) is 11.3 Å². The van der Waals surface area contributed by atoms with Crippen LogP contribution in [0.2, 0.25) is 10.0 Å². The molecule has 8 heteroatoms. The number of nitrogens with zero attached hydrogens (tertiary/aromatic N) is 1. The van der Waals surface area contributed by atoms with Gasteiger partial charge < -0.3 is 9.64 Å². The number of halogens is 2. The lowest BCUT2D eigenvalue weighted by atomic mass is 10.0. The monoisotopic (exact) mass is 438 g/mol. The van der Waals surface area contributed by atoms with E-state index in [4.69, 9.17) is 27.9 Å². The van der Waals surface area contributed by atoms with E-state index < -0.39 is 11.6 Å². The molecule has 0 saturated carbocycles. The average molecular weight is 439 g/mol. The first kappa shape index (κ1) is 20.8. The summed E-state index contributed by atoms with van der Waals surface area (Å²) in [5.41, 5.74) is 0.732. The zero-order valence-electron chi connectivity index (χ0n) is 15.4. The molecule has 1 aliphatic rings. The second kappa shape index (κ2) is 8.64. The van der Waals surface area contributed by atoms with E-state index in [1.165, 1.54) is 11.8 Å². The maximum absolute atomic E-state index is 12.6. The van der Waals surface area contributed by atoms with Crippen LogP contribution >= 0.6 is 35.0 Å². The smallest absolute Gasteiger partial charge is 0.411 e. The third-order valence-electron chi connectivity index (χ3n) is 4.33. The zero-order chi connectivity index (χ0) is 20.3. The largest absolute Gasteiger partial charge is 0.447 e. The number of rotatable bonds is 5. The highest BCUT2D eigenvalue weighted by Crippen LogP contribution is 2.45. The Bertz CT molecular complexity index is 877. The normalized spacial score (nSPS) is 16.9. The minimum absolute atomic E-state index is 0.0296. The van der Waals surface area contributed by atoms with Crippen LogP contribution in [0.4, 0.5) is 10.5 Å². The number of ether oxygens (including phenoxy) is 1. The Labute approximate surface area is 178 Å². The summed E-state index contributed by atoms with van der Waals surface area (Å²) in [5.74, 6) is 0.307. The fourth-order valence-corrected chi connectivity index (χ4v) is 4.95. The van der Waals surface area contributed by atoms with Crippen molar-refractivity contribution < 1.29 is 14.3 Å². The molecule has 1 atom stereocenters. The van der Waals surface area contributed by atoms with Gasteiger partial charge in [0.1, 0.15) is 12.0 Å². The predicted molar refractivity (Wildman–Crippen MR) is 114 cm³/mol. The van der Waals surface area contributed by atoms with Crippen molar-refractivity contribution in [2.75, 3.05) is 17.7 Å². The van der Waals surface area contributed by atoms with E-state index in [1.807, 2.05) is 38.1 Å². The van der Waals surface area contributed by atoms with Crippen molar-refractivity contribution >= 4 is 52.7 Å². The first-order valence-electron chi connectivity index (χ1n) is 8.65. The molecule has 0 bridgehead atoms. The van der Waals surface area contributed by atoms with Gasteiger partial charge in [0.25, 0.3) is 0 Å². The Morgan fingerprint density at radius 3 is 2.64 bits per heavy atom. The van der Waals surface area contributed by atoms with Crippen molar-refractivity contribution in [1.29, 1.82) is 0 Å². The van der Waals surface area contributed by atoms with E-state index in [-0.39, 0.29) is 17.9 Å². The van der Waals surface area contributed by atoms with Gasteiger partial charge in [0.15, 0.2) is 0 Å². The fourth-order valence-electron chi connectivity index (χ4n) is 3.00. The summed E-state index contributed by atoms with van der Waals surface area (Å²) < 4.78 is 5.40. The first-order valence-corrected chi connectivity index (χ1v) is 10.5. The highest BCUT2D eigenvalue weighted by Gasteiger charge is 2.43. The molecule has 0 unspecified atom stereocenters. The lowest BCUT2D eigenvalue weighted by Gasteiger charge is -2.39. The van der Waals surface area contributed by atoms with Crippen LogP contribution in [0.1, 0.15) is 24.8 Å². The third-order valence-corrected chi connectivity index (χ3v) is 6.08. The van der Waals surface area contributed by atoms with E-state index >= 15 is 0 Å². The Morgan fingerprint density at radius 1 is 1.25 bits per heavy atom. The molecule has 5 nitrogen and oxygen atoms in total. The molecular weight excluding hydrogens is 419 g/mol. The summed E-state index contributed by atoms with van der Waals surface area (Å²) in [4.78, 5) is 26.4. The Balaban J connectivity index is 1.71. The molecule has 28 heavy (non-hydrogen) atoms. The van der Waals surface area contributed by atoms with E-state index in [0.717, 1.165) is 5.56 Å². The molecule has 148 valence electrons. The van der Waals surface area contributed by atoms with Crippen LogP contribution in [0.3, 0.4) is 0 Å². The molecule has 1 fully saturated rings. The number of amides is 2. The van der Waals surface area contributed by atoms with Gasteiger partial charge in [-0.1, -0.05) is 47.5 Å². The second-order valence-electron chi connectivity index (χ2n) is 6.97. The van der Waals surface area contributed by atoms with Crippen LogP contribution in [0.5, 0.6) is 0 Å². The van der Waals surface area contributed by atoms with Gasteiger partial charge in [-0.25, -0.2) is 4.79 Å². The van der Waals surface area contributed by atoms with Crippen LogP contribution < -0.4 is 5.32 Å². The number of hydrogen-bond acceptors (Lipinski definition) is 4. The number of carbonyl (C=O) groups excluding carboxylic acids is 2. The summed E-state index contributed by atoms with van der Waals surface area (Å²) in [6.45, 7) is 3.77. The van der Waals surface area contributed by atoms with Gasteiger partial charge in [-0.15, -0.1) is 11.8 Å². The van der Waals surface area contributed by atoms with E-state index in [9.17, 15) is 9.59 Å². The van der Waals surface area contributed by atoms with Crippen LogP contribution in [-0.4, -0.2) is 34.8 Å². The van der Waals surface area contributed by atoms with Crippen molar-refractivity contribution in [2.24, 2.45) is 0 Å². The van der Waals surface area contributed by atoms with Crippen LogP contribution in [0.15, 0.2) is 48.5 Å². The number of hydrogen-bond donors (Lipinski definition) is 1. The SMILES string of the molecule is CC(C)(COC(=O)Nc1ccccc1)N1C(=O)CS[C@@H]1c1ccc(Cl)cc1Cl. The second-order valence-corrected chi connectivity index (χ2v) is 8.88. The number of benzene rings is 2. The van der Waals surface area contributed by atoms with Crippen molar-refractivity contribution in [3.05, 3.63) is 64.1 Å². The Morgan fingerprint density at radius 2 is 1.96 bits per heavy atom. The van der Waals surface area contributed by atoms with Crippen LogP contribution in [-0.2, 0) is 9.53 Å². The molecule has 0 aromatic heterocycles. The quantitative estimate of drug-likeness (QED) is 0.660. The molecule has 1 aliphatic heterocycles. The molecule has 2 aromatic carbocycles. The van der Waals surface area contributed by atoms with Gasteiger partial charge in [-0.2, -0.15) is 0 Å². The summed E-state index contributed by atoms with van der Waals surface area (Å²) in [6.07, 6.45) is -0.570. The molecule has 1 heterocycles. The summed E-state index contributed by atoms with van der Waals surface area (Å²) in [5, 5.41) is 3.44. The van der Waals surface area contributed by atoms with E-state index in [2.05, 4.69) is 5.32 Å². The third kappa shape index (κ3) is 4.74. The zero-order valence-corrected chi connectivity index (χ0v) is 17.8. The van der Waals surface area contributed by atoms with Gasteiger partial charge in [-0.05, 0) is 38.1 Å². The van der Waals surface area contributed by atoms with Crippen molar-refractivity contribution in [2.45, 2.75) is 24.8 Å². The van der Waals surface area contributed by atoms with Gasteiger partial charge in [0, 0.05) is 21.3 Å². The summed E-state index contributed by atoms with van der Waals surface area (Å²) in [6, 6.07) is 14.3. The topological polar surface area (TPSA) is 58.6 Å². The minimum atomic E-state index is -0.720. The Kier molecular flexibility index (Phi) is 6.43. The number of para-hydroxylation sites is 1. The number of nitrogens with one attached hydrogen (secondary N) is 1. The standard InChI is InChI=1S/C20H20Cl2N2O3S/c1-20(2,12-27-19(26)23-14-6-4-3-5-7-14)24-17(25)11-28-18(24)15-9-8-13(21)10-16(15)22/h3-10,18H,11-12H2,1-2H3,(H,23,26)/t18-/m1/s1. The first-order chi connectivity index (χ1) is 13.3. The number of carbonyl (C=O) groups is 2. The lowest BCUT2D eigenvalue weighted by Crippen LogP contribution is -2.50. The number of anilines is 1. The highest BCUT2D eigenvalue weighted by molar-refractivity contribution is 8.00. The maximum atomic E-state index is 12.6. The summed E-state index contributed by atoms with van der Waals surface area (Å²) >= 11 is 13.8. The van der Waals surface area contributed by atoms with Crippen LogP contribution in [0.25, 0.3) is 0 Å². The Hall–Kier alpha value is -1.89. The molecule has 1 N–H and O–H groups in total. The van der Waals surface area contributed by atoms with Crippen LogP contribution in [0, 0.1) is 0 Å². The molecule has 0 radical (unpaired) electrons. The molecule has 2 aromatic rings. The van der Waals surface area contributed by atoms with Crippen molar-refractivity contribution in [1.82, 2.24) is 4.90 Å². The molecule has 2 amide bonds. The molecule has 0 spiro atoms. The molecule has 3 rings (SSSR count). The molecule has 0 aliphatic carbocycles. The lowest BCUT2D eigenvalue weighted by molar-refractivity contribution is -0.134. The number of thioether (sulfide) groups is 1. The minimum Gasteiger partial charge on any atom is -0.447 e. The van der Waals surface area contributed by atoms with Crippen molar-refractivity contribution in [3.8, 4) is 0 Å². The highest BCUT2D eigenvalue weighted by atomic mass is 35.5. The average Bonchev–Trinajstić information content (AvgIpc) is 3.03. The van der Waals surface area contributed by atoms with E-state index in [0.29, 0.717) is 21.5 Å².